The Morgan fingerprint density at radius 1 is 1.18 bits per heavy atom. The number of benzene rings is 2. The minimum Gasteiger partial charge on any atom is -0.545 e. The van der Waals surface area contributed by atoms with Gasteiger partial charge in [-0.3, -0.25) is 4.79 Å². The highest BCUT2D eigenvalue weighted by Crippen LogP contribution is 2.23. The second-order valence-corrected chi connectivity index (χ2v) is 5.37. The first-order valence-electron chi connectivity index (χ1n) is 6.47. The average Bonchev–Trinajstić information content (AvgIpc) is 2.53. The van der Waals surface area contributed by atoms with Crippen molar-refractivity contribution in [3.05, 3.63) is 54.1 Å². The van der Waals surface area contributed by atoms with E-state index in [9.17, 15) is 14.7 Å². The second kappa shape index (κ2) is 7.51. The number of hydrogen-bond donors (Lipinski definition) is 1. The van der Waals surface area contributed by atoms with E-state index < -0.39 is 5.97 Å². The third kappa shape index (κ3) is 4.26. The van der Waals surface area contributed by atoms with Crippen molar-refractivity contribution in [3.63, 3.8) is 0 Å². The smallest absolute Gasteiger partial charge is 0.234 e. The molecular weight excluding hydrogens is 302 g/mol. The normalized spacial score (nSPS) is 10.0. The standard InChI is InChI=1S/C16H15NO4S/c1-21-12-6-4-5-11(9-12)17-15(18)10-22-14-8-3-2-7-13(14)16(19)20/h2-9H,10H2,1H3,(H,17,18)(H,19,20)/p-1. The minimum atomic E-state index is -1.25. The summed E-state index contributed by atoms with van der Waals surface area (Å²) in [5.41, 5.74) is 0.708. The van der Waals surface area contributed by atoms with E-state index in [-0.39, 0.29) is 17.2 Å². The van der Waals surface area contributed by atoms with Crippen LogP contribution in [0.3, 0.4) is 0 Å². The molecule has 1 amide bonds. The fraction of sp³-hybridized carbons (Fsp3) is 0.125. The molecule has 2 aromatic rings. The molecule has 0 aliphatic carbocycles. The molecule has 0 radical (unpaired) electrons. The highest BCUT2D eigenvalue weighted by Gasteiger charge is 2.08. The third-order valence-electron chi connectivity index (χ3n) is 2.82. The van der Waals surface area contributed by atoms with E-state index in [1.165, 1.54) is 6.07 Å². The van der Waals surface area contributed by atoms with Crippen LogP contribution in [0.5, 0.6) is 5.75 Å². The highest BCUT2D eigenvalue weighted by molar-refractivity contribution is 8.00. The van der Waals surface area contributed by atoms with Crippen molar-refractivity contribution >= 4 is 29.3 Å². The van der Waals surface area contributed by atoms with Crippen LogP contribution in [-0.2, 0) is 4.79 Å². The van der Waals surface area contributed by atoms with Crippen LogP contribution in [0.4, 0.5) is 5.69 Å². The van der Waals surface area contributed by atoms with Gasteiger partial charge in [0.25, 0.3) is 0 Å². The van der Waals surface area contributed by atoms with Crippen LogP contribution in [-0.4, -0.2) is 24.7 Å². The minimum absolute atomic E-state index is 0.0849. The molecule has 22 heavy (non-hydrogen) atoms. The number of amides is 1. The summed E-state index contributed by atoms with van der Waals surface area (Å²) in [4.78, 5) is 23.4. The van der Waals surface area contributed by atoms with E-state index in [0.717, 1.165) is 11.8 Å². The Kier molecular flexibility index (Phi) is 5.43. The lowest BCUT2D eigenvalue weighted by Gasteiger charge is -2.10. The molecule has 0 saturated heterocycles. The summed E-state index contributed by atoms with van der Waals surface area (Å²) in [6.45, 7) is 0. The van der Waals surface area contributed by atoms with Gasteiger partial charge in [0.2, 0.25) is 5.91 Å². The molecule has 0 saturated carbocycles. The number of anilines is 1. The van der Waals surface area contributed by atoms with Crippen molar-refractivity contribution in [1.82, 2.24) is 0 Å². The maximum absolute atomic E-state index is 11.9. The van der Waals surface area contributed by atoms with E-state index in [0.29, 0.717) is 16.3 Å². The molecule has 0 heterocycles. The lowest BCUT2D eigenvalue weighted by Crippen LogP contribution is -2.23. The summed E-state index contributed by atoms with van der Waals surface area (Å²) >= 11 is 1.15. The first-order valence-corrected chi connectivity index (χ1v) is 7.46. The molecule has 0 unspecified atom stereocenters. The largest absolute Gasteiger partial charge is 0.545 e. The van der Waals surface area contributed by atoms with Gasteiger partial charge in [-0.1, -0.05) is 24.3 Å². The zero-order valence-corrected chi connectivity index (χ0v) is 12.7. The van der Waals surface area contributed by atoms with E-state index in [4.69, 9.17) is 4.74 Å². The van der Waals surface area contributed by atoms with E-state index in [1.807, 2.05) is 0 Å². The van der Waals surface area contributed by atoms with E-state index in [2.05, 4.69) is 5.32 Å². The summed E-state index contributed by atoms with van der Waals surface area (Å²) < 4.78 is 5.08. The zero-order chi connectivity index (χ0) is 15.9. The Morgan fingerprint density at radius 2 is 1.95 bits per heavy atom. The van der Waals surface area contributed by atoms with Gasteiger partial charge >= 0.3 is 0 Å². The summed E-state index contributed by atoms with van der Waals surface area (Å²) in [5, 5.41) is 13.7. The number of rotatable bonds is 6. The van der Waals surface area contributed by atoms with Crippen molar-refractivity contribution in [2.45, 2.75) is 4.90 Å². The monoisotopic (exact) mass is 316 g/mol. The van der Waals surface area contributed by atoms with Crippen LogP contribution >= 0.6 is 11.8 Å². The van der Waals surface area contributed by atoms with Gasteiger partial charge in [-0.25, -0.2) is 0 Å². The van der Waals surface area contributed by atoms with Crippen LogP contribution in [0.1, 0.15) is 10.4 Å². The first-order chi connectivity index (χ1) is 10.6. The number of carbonyl (C=O) groups is 2. The van der Waals surface area contributed by atoms with Crippen molar-refractivity contribution in [2.75, 3.05) is 18.2 Å². The van der Waals surface area contributed by atoms with E-state index in [1.54, 1.807) is 49.6 Å². The highest BCUT2D eigenvalue weighted by atomic mass is 32.2. The average molecular weight is 316 g/mol. The summed E-state index contributed by atoms with van der Waals surface area (Å²) in [7, 11) is 1.55. The van der Waals surface area contributed by atoms with Gasteiger partial charge in [0.05, 0.1) is 18.8 Å². The number of ether oxygens (including phenoxy) is 1. The Labute approximate surface area is 132 Å². The van der Waals surface area contributed by atoms with Gasteiger partial charge in [-0.2, -0.15) is 0 Å². The molecule has 5 nitrogen and oxygen atoms in total. The fourth-order valence-electron chi connectivity index (χ4n) is 1.80. The number of carboxylic acids is 1. The topological polar surface area (TPSA) is 78.5 Å². The number of hydrogen-bond acceptors (Lipinski definition) is 5. The van der Waals surface area contributed by atoms with Crippen LogP contribution < -0.4 is 15.2 Å². The molecule has 2 aromatic carbocycles. The van der Waals surface area contributed by atoms with Gasteiger partial charge in [0.15, 0.2) is 0 Å². The van der Waals surface area contributed by atoms with Crippen LogP contribution in [0.15, 0.2) is 53.4 Å². The Bertz CT molecular complexity index is 687. The summed E-state index contributed by atoms with van der Waals surface area (Å²) in [6, 6.07) is 13.4. The predicted molar refractivity (Wildman–Crippen MR) is 83.1 cm³/mol. The molecular formula is C16H14NO4S-. The van der Waals surface area contributed by atoms with Crippen LogP contribution in [0.25, 0.3) is 0 Å². The molecule has 0 fully saturated rings. The molecule has 0 aliphatic rings. The second-order valence-electron chi connectivity index (χ2n) is 4.35. The van der Waals surface area contributed by atoms with Gasteiger partial charge < -0.3 is 20.0 Å². The number of methoxy groups -OCH3 is 1. The van der Waals surface area contributed by atoms with Crippen molar-refractivity contribution in [1.29, 1.82) is 0 Å². The number of nitrogens with one attached hydrogen (secondary N) is 1. The van der Waals surface area contributed by atoms with Gasteiger partial charge in [0, 0.05) is 22.2 Å². The first kappa shape index (κ1) is 15.9. The number of aromatic carboxylic acids is 1. The molecule has 2 rings (SSSR count). The molecule has 0 spiro atoms. The molecule has 114 valence electrons. The molecule has 0 aliphatic heterocycles. The number of carbonyl (C=O) groups excluding carboxylic acids is 2. The number of carboxylic acid groups (broad SMARTS) is 1. The van der Waals surface area contributed by atoms with Crippen LogP contribution in [0, 0.1) is 0 Å². The zero-order valence-electron chi connectivity index (χ0n) is 11.9. The van der Waals surface area contributed by atoms with E-state index >= 15 is 0 Å². The van der Waals surface area contributed by atoms with Gasteiger partial charge in [-0.05, 0) is 18.2 Å². The maximum Gasteiger partial charge on any atom is 0.234 e. The fourth-order valence-corrected chi connectivity index (χ4v) is 2.64. The quantitative estimate of drug-likeness (QED) is 0.822. The predicted octanol–water partition coefficient (Wildman–Crippen LogP) is 1.79. The Hall–Kier alpha value is -2.47. The molecule has 0 bridgehead atoms. The third-order valence-corrected chi connectivity index (χ3v) is 3.89. The molecule has 0 aromatic heterocycles. The Morgan fingerprint density at radius 3 is 2.68 bits per heavy atom. The molecule has 0 atom stereocenters. The lowest BCUT2D eigenvalue weighted by molar-refractivity contribution is -0.255. The summed E-state index contributed by atoms with van der Waals surface area (Å²) in [6.07, 6.45) is 0. The van der Waals surface area contributed by atoms with Crippen LogP contribution in [0.2, 0.25) is 0 Å². The SMILES string of the molecule is COc1cccc(NC(=O)CSc2ccccc2C(=O)[O-])c1. The Balaban J connectivity index is 1.97. The number of thioether (sulfide) groups is 1. The van der Waals surface area contributed by atoms with Gasteiger partial charge in [-0.15, -0.1) is 11.8 Å². The summed E-state index contributed by atoms with van der Waals surface area (Å²) in [5.74, 6) is -0.739. The van der Waals surface area contributed by atoms with Crippen molar-refractivity contribution < 1.29 is 19.4 Å². The van der Waals surface area contributed by atoms with Crippen molar-refractivity contribution in [2.24, 2.45) is 0 Å². The van der Waals surface area contributed by atoms with Crippen molar-refractivity contribution in [3.8, 4) is 5.75 Å². The maximum atomic E-state index is 11.9. The lowest BCUT2D eigenvalue weighted by atomic mass is 10.2. The van der Waals surface area contributed by atoms with Gasteiger partial charge in [0.1, 0.15) is 5.75 Å². The molecule has 6 heteroatoms. The molecule has 1 N–H and O–H groups in total.